The predicted molar refractivity (Wildman–Crippen MR) is 96.3 cm³/mol. The van der Waals surface area contributed by atoms with E-state index in [4.69, 9.17) is 4.52 Å². The molecule has 2 aromatic carbocycles. The highest BCUT2D eigenvalue weighted by molar-refractivity contribution is 6.03. The van der Waals surface area contributed by atoms with Crippen LogP contribution in [-0.2, 0) is 11.2 Å². The topological polar surface area (TPSA) is 46.3 Å². The number of amides is 1. The van der Waals surface area contributed by atoms with Crippen molar-refractivity contribution in [2.75, 3.05) is 11.4 Å². The number of rotatable bonds is 5. The third kappa shape index (κ3) is 3.04. The molecule has 24 heavy (non-hydrogen) atoms. The Bertz CT molecular complexity index is 842. The first-order valence-corrected chi connectivity index (χ1v) is 8.31. The van der Waals surface area contributed by atoms with Gasteiger partial charge in [-0.2, -0.15) is 0 Å². The van der Waals surface area contributed by atoms with Gasteiger partial charge in [0.05, 0.1) is 11.4 Å². The first kappa shape index (κ1) is 16.2. The summed E-state index contributed by atoms with van der Waals surface area (Å²) < 4.78 is 5.18. The zero-order valence-electron chi connectivity index (χ0n) is 14.4. The van der Waals surface area contributed by atoms with Crippen molar-refractivity contribution in [3.63, 3.8) is 0 Å². The van der Waals surface area contributed by atoms with E-state index in [-0.39, 0.29) is 5.91 Å². The second kappa shape index (κ2) is 6.87. The van der Waals surface area contributed by atoms with Crippen LogP contribution in [0.5, 0.6) is 0 Å². The minimum Gasteiger partial charge on any atom is -0.361 e. The Morgan fingerprint density at radius 3 is 2.58 bits per heavy atom. The highest BCUT2D eigenvalue weighted by atomic mass is 16.5. The van der Waals surface area contributed by atoms with E-state index in [1.807, 2.05) is 49.9 Å². The van der Waals surface area contributed by atoms with Crippen LogP contribution in [0.3, 0.4) is 0 Å². The lowest BCUT2D eigenvalue weighted by atomic mass is 10.1. The molecule has 4 nitrogen and oxygen atoms in total. The van der Waals surface area contributed by atoms with Gasteiger partial charge >= 0.3 is 0 Å². The standard InChI is InChI=1S/C20H22N2O2/c1-4-22(19-11-7-9-16-8-5-6-10-18(16)19)20(23)13-12-17-14(2)21-24-15(17)3/h5-11H,4,12-13H2,1-3H3. The molecule has 0 N–H and O–H groups in total. The monoisotopic (exact) mass is 322 g/mol. The van der Waals surface area contributed by atoms with Crippen LogP contribution in [0.4, 0.5) is 5.69 Å². The summed E-state index contributed by atoms with van der Waals surface area (Å²) >= 11 is 0. The van der Waals surface area contributed by atoms with Crippen LogP contribution in [0.2, 0.25) is 0 Å². The predicted octanol–water partition coefficient (Wildman–Crippen LogP) is 4.43. The third-order valence-corrected chi connectivity index (χ3v) is 4.44. The minimum absolute atomic E-state index is 0.119. The van der Waals surface area contributed by atoms with Crippen LogP contribution >= 0.6 is 0 Å². The molecule has 0 saturated carbocycles. The summed E-state index contributed by atoms with van der Waals surface area (Å²) in [6.07, 6.45) is 1.10. The molecule has 0 radical (unpaired) electrons. The van der Waals surface area contributed by atoms with E-state index in [1.54, 1.807) is 0 Å². The van der Waals surface area contributed by atoms with Gasteiger partial charge in [0.25, 0.3) is 0 Å². The van der Waals surface area contributed by atoms with Crippen molar-refractivity contribution in [3.05, 3.63) is 59.5 Å². The molecule has 1 aromatic heterocycles. The summed E-state index contributed by atoms with van der Waals surface area (Å²) in [7, 11) is 0. The first-order chi connectivity index (χ1) is 11.6. The van der Waals surface area contributed by atoms with E-state index in [2.05, 4.69) is 23.4 Å². The summed E-state index contributed by atoms with van der Waals surface area (Å²) in [4.78, 5) is 14.7. The number of aryl methyl sites for hydroxylation is 2. The zero-order valence-corrected chi connectivity index (χ0v) is 14.4. The van der Waals surface area contributed by atoms with Gasteiger partial charge < -0.3 is 9.42 Å². The first-order valence-electron chi connectivity index (χ1n) is 8.31. The minimum atomic E-state index is 0.119. The smallest absolute Gasteiger partial charge is 0.227 e. The SMILES string of the molecule is CCN(C(=O)CCc1c(C)noc1C)c1cccc2ccccc12. The number of benzene rings is 2. The normalized spacial score (nSPS) is 11.0. The van der Waals surface area contributed by atoms with Gasteiger partial charge in [-0.1, -0.05) is 41.6 Å². The van der Waals surface area contributed by atoms with Gasteiger partial charge in [-0.05, 0) is 38.6 Å². The average molecular weight is 322 g/mol. The van der Waals surface area contributed by atoms with E-state index < -0.39 is 0 Å². The van der Waals surface area contributed by atoms with E-state index in [9.17, 15) is 4.79 Å². The van der Waals surface area contributed by atoms with Crippen molar-refractivity contribution in [1.82, 2.24) is 5.16 Å². The fourth-order valence-corrected chi connectivity index (χ4v) is 3.15. The highest BCUT2D eigenvalue weighted by Gasteiger charge is 2.18. The maximum atomic E-state index is 12.8. The Hall–Kier alpha value is -2.62. The van der Waals surface area contributed by atoms with Crippen molar-refractivity contribution >= 4 is 22.4 Å². The quantitative estimate of drug-likeness (QED) is 0.698. The molecule has 0 bridgehead atoms. The fourth-order valence-electron chi connectivity index (χ4n) is 3.15. The molecule has 0 atom stereocenters. The molecule has 3 rings (SSSR count). The van der Waals surface area contributed by atoms with Crippen LogP contribution in [0.1, 0.15) is 30.4 Å². The van der Waals surface area contributed by atoms with Crippen LogP contribution < -0.4 is 4.90 Å². The van der Waals surface area contributed by atoms with E-state index in [0.717, 1.165) is 33.5 Å². The van der Waals surface area contributed by atoms with Gasteiger partial charge in [0.1, 0.15) is 5.76 Å². The van der Waals surface area contributed by atoms with E-state index in [0.29, 0.717) is 19.4 Å². The molecule has 0 aliphatic rings. The summed E-state index contributed by atoms with van der Waals surface area (Å²) in [5.74, 6) is 0.919. The third-order valence-electron chi connectivity index (χ3n) is 4.44. The van der Waals surface area contributed by atoms with Crippen molar-refractivity contribution in [1.29, 1.82) is 0 Å². The molecule has 3 aromatic rings. The molecular formula is C20H22N2O2. The zero-order chi connectivity index (χ0) is 17.1. The summed E-state index contributed by atoms with van der Waals surface area (Å²) in [5.41, 5.74) is 2.88. The lowest BCUT2D eigenvalue weighted by Crippen LogP contribution is -2.31. The average Bonchev–Trinajstić information content (AvgIpc) is 2.92. The Morgan fingerprint density at radius 2 is 1.88 bits per heavy atom. The lowest BCUT2D eigenvalue weighted by molar-refractivity contribution is -0.118. The number of carbonyl (C=O) groups is 1. The van der Waals surface area contributed by atoms with Crippen LogP contribution in [0, 0.1) is 13.8 Å². The second-order valence-electron chi connectivity index (χ2n) is 5.94. The molecule has 4 heteroatoms. The number of hydrogen-bond donors (Lipinski definition) is 0. The van der Waals surface area contributed by atoms with Gasteiger partial charge in [0.2, 0.25) is 5.91 Å². The molecule has 0 fully saturated rings. The number of nitrogens with zero attached hydrogens (tertiary/aromatic N) is 2. The number of aromatic nitrogens is 1. The Labute approximate surface area is 142 Å². The Balaban J connectivity index is 1.84. The molecule has 1 heterocycles. The summed E-state index contributed by atoms with van der Waals surface area (Å²) in [5, 5.41) is 6.21. The highest BCUT2D eigenvalue weighted by Crippen LogP contribution is 2.27. The maximum absolute atomic E-state index is 12.8. The van der Waals surface area contributed by atoms with E-state index >= 15 is 0 Å². The van der Waals surface area contributed by atoms with Gasteiger partial charge in [-0.25, -0.2) is 0 Å². The molecule has 124 valence electrons. The Kier molecular flexibility index (Phi) is 4.65. The number of carbonyl (C=O) groups excluding carboxylic acids is 1. The van der Waals surface area contributed by atoms with Crippen molar-refractivity contribution in [3.8, 4) is 0 Å². The van der Waals surface area contributed by atoms with Crippen molar-refractivity contribution < 1.29 is 9.32 Å². The molecule has 1 amide bonds. The largest absolute Gasteiger partial charge is 0.361 e. The van der Waals surface area contributed by atoms with Gasteiger partial charge in [-0.15, -0.1) is 0 Å². The number of anilines is 1. The Morgan fingerprint density at radius 1 is 1.12 bits per heavy atom. The molecule has 0 spiro atoms. The van der Waals surface area contributed by atoms with Crippen molar-refractivity contribution in [2.45, 2.75) is 33.6 Å². The molecule has 0 aliphatic carbocycles. The van der Waals surface area contributed by atoms with Gasteiger partial charge in [-0.3, -0.25) is 4.79 Å². The summed E-state index contributed by atoms with van der Waals surface area (Å²) in [6.45, 7) is 6.46. The molecule has 0 saturated heterocycles. The summed E-state index contributed by atoms with van der Waals surface area (Å²) in [6, 6.07) is 14.2. The molecule has 0 unspecified atom stereocenters. The molecule has 0 aliphatic heterocycles. The maximum Gasteiger partial charge on any atom is 0.227 e. The van der Waals surface area contributed by atoms with Crippen LogP contribution in [-0.4, -0.2) is 17.6 Å². The van der Waals surface area contributed by atoms with Gasteiger partial charge in [0, 0.05) is 23.9 Å². The van der Waals surface area contributed by atoms with Crippen LogP contribution in [0.25, 0.3) is 10.8 Å². The lowest BCUT2D eigenvalue weighted by Gasteiger charge is -2.23. The van der Waals surface area contributed by atoms with Crippen molar-refractivity contribution in [2.24, 2.45) is 0 Å². The fraction of sp³-hybridized carbons (Fsp3) is 0.300. The number of fused-ring (bicyclic) bond motifs is 1. The molecular weight excluding hydrogens is 300 g/mol. The van der Waals surface area contributed by atoms with E-state index in [1.165, 1.54) is 0 Å². The second-order valence-corrected chi connectivity index (χ2v) is 5.94. The number of hydrogen-bond acceptors (Lipinski definition) is 3. The van der Waals surface area contributed by atoms with Crippen LogP contribution in [0.15, 0.2) is 47.0 Å². The van der Waals surface area contributed by atoms with Gasteiger partial charge in [0.15, 0.2) is 0 Å².